The Kier molecular flexibility index (Phi) is 4.35. The SMILES string of the molecule is CC(N)C(C)C(=O)NC1CCOCC1. The minimum atomic E-state index is -0.113. The number of amides is 1. The van der Waals surface area contributed by atoms with Gasteiger partial charge in [0.25, 0.3) is 0 Å². The van der Waals surface area contributed by atoms with E-state index in [9.17, 15) is 4.79 Å². The molecule has 2 atom stereocenters. The molecule has 1 rings (SSSR count). The van der Waals surface area contributed by atoms with E-state index < -0.39 is 0 Å². The molecule has 1 heterocycles. The summed E-state index contributed by atoms with van der Waals surface area (Å²) in [6.07, 6.45) is 1.83. The van der Waals surface area contributed by atoms with E-state index in [-0.39, 0.29) is 23.9 Å². The number of ether oxygens (including phenoxy) is 1. The van der Waals surface area contributed by atoms with Crippen LogP contribution in [0.1, 0.15) is 26.7 Å². The van der Waals surface area contributed by atoms with Crippen molar-refractivity contribution in [1.29, 1.82) is 0 Å². The van der Waals surface area contributed by atoms with Crippen LogP contribution >= 0.6 is 0 Å². The highest BCUT2D eigenvalue weighted by atomic mass is 16.5. The predicted molar refractivity (Wildman–Crippen MR) is 54.8 cm³/mol. The molecule has 1 saturated heterocycles. The zero-order valence-electron chi connectivity index (χ0n) is 8.95. The van der Waals surface area contributed by atoms with Gasteiger partial charge >= 0.3 is 0 Å². The second-order valence-electron chi connectivity index (χ2n) is 4.04. The topological polar surface area (TPSA) is 64.4 Å². The summed E-state index contributed by atoms with van der Waals surface area (Å²) in [5, 5.41) is 3.00. The summed E-state index contributed by atoms with van der Waals surface area (Å²) in [5.41, 5.74) is 5.66. The monoisotopic (exact) mass is 200 g/mol. The van der Waals surface area contributed by atoms with Gasteiger partial charge in [-0.25, -0.2) is 0 Å². The third-order valence-corrected chi connectivity index (χ3v) is 2.77. The van der Waals surface area contributed by atoms with Crippen LogP contribution in [0.4, 0.5) is 0 Å². The number of nitrogens with one attached hydrogen (secondary N) is 1. The van der Waals surface area contributed by atoms with Crippen molar-refractivity contribution in [2.75, 3.05) is 13.2 Å². The van der Waals surface area contributed by atoms with Crippen LogP contribution in [0, 0.1) is 5.92 Å². The van der Waals surface area contributed by atoms with Crippen molar-refractivity contribution in [3.8, 4) is 0 Å². The molecule has 1 amide bonds. The van der Waals surface area contributed by atoms with Gasteiger partial charge in [-0.1, -0.05) is 6.92 Å². The van der Waals surface area contributed by atoms with E-state index in [0.29, 0.717) is 0 Å². The number of nitrogens with two attached hydrogens (primary N) is 1. The molecule has 0 aromatic rings. The molecule has 0 radical (unpaired) electrons. The standard InChI is InChI=1S/C10H20N2O2/c1-7(8(2)11)10(13)12-9-3-5-14-6-4-9/h7-9H,3-6,11H2,1-2H3,(H,12,13). The maximum atomic E-state index is 11.6. The molecule has 14 heavy (non-hydrogen) atoms. The fourth-order valence-corrected chi connectivity index (χ4v) is 1.41. The minimum absolute atomic E-state index is 0.0619. The van der Waals surface area contributed by atoms with Crippen molar-refractivity contribution in [3.05, 3.63) is 0 Å². The second kappa shape index (κ2) is 5.32. The van der Waals surface area contributed by atoms with Gasteiger partial charge in [0.2, 0.25) is 5.91 Å². The maximum absolute atomic E-state index is 11.6. The van der Waals surface area contributed by atoms with Crippen LogP contribution in [-0.4, -0.2) is 31.2 Å². The van der Waals surface area contributed by atoms with Crippen LogP contribution in [-0.2, 0) is 9.53 Å². The predicted octanol–water partition coefficient (Wildman–Crippen LogP) is 0.265. The Morgan fingerprint density at radius 3 is 2.50 bits per heavy atom. The normalized spacial score (nSPS) is 22.8. The highest BCUT2D eigenvalue weighted by Gasteiger charge is 2.21. The Hall–Kier alpha value is -0.610. The zero-order valence-corrected chi connectivity index (χ0v) is 8.95. The number of carbonyl (C=O) groups is 1. The summed E-state index contributed by atoms with van der Waals surface area (Å²) >= 11 is 0. The van der Waals surface area contributed by atoms with Gasteiger partial charge in [-0.05, 0) is 19.8 Å². The number of carbonyl (C=O) groups excluding carboxylic acids is 1. The fraction of sp³-hybridized carbons (Fsp3) is 0.900. The molecule has 0 aliphatic carbocycles. The Morgan fingerprint density at radius 1 is 1.43 bits per heavy atom. The number of hydrogen-bond acceptors (Lipinski definition) is 3. The molecule has 0 bridgehead atoms. The van der Waals surface area contributed by atoms with Gasteiger partial charge in [0.15, 0.2) is 0 Å². The van der Waals surface area contributed by atoms with Gasteiger partial charge in [0.1, 0.15) is 0 Å². The van der Waals surface area contributed by atoms with Crippen molar-refractivity contribution >= 4 is 5.91 Å². The second-order valence-corrected chi connectivity index (χ2v) is 4.04. The largest absolute Gasteiger partial charge is 0.381 e. The van der Waals surface area contributed by atoms with Crippen molar-refractivity contribution in [3.63, 3.8) is 0 Å². The molecule has 0 aromatic heterocycles. The smallest absolute Gasteiger partial charge is 0.224 e. The molecule has 0 aromatic carbocycles. The average Bonchev–Trinajstić information content (AvgIpc) is 2.18. The first kappa shape index (κ1) is 11.5. The van der Waals surface area contributed by atoms with E-state index in [1.807, 2.05) is 13.8 Å². The van der Waals surface area contributed by atoms with Crippen molar-refractivity contribution in [2.45, 2.75) is 38.8 Å². The van der Waals surface area contributed by atoms with Gasteiger partial charge in [0.05, 0.1) is 0 Å². The summed E-state index contributed by atoms with van der Waals surface area (Å²) in [5.74, 6) is -0.0512. The van der Waals surface area contributed by atoms with Crippen LogP contribution < -0.4 is 11.1 Å². The number of rotatable bonds is 3. The maximum Gasteiger partial charge on any atom is 0.224 e. The average molecular weight is 200 g/mol. The summed E-state index contributed by atoms with van der Waals surface area (Å²) < 4.78 is 5.21. The first-order valence-electron chi connectivity index (χ1n) is 5.25. The van der Waals surface area contributed by atoms with Crippen LogP contribution in [0.2, 0.25) is 0 Å². The van der Waals surface area contributed by atoms with Gasteiger partial charge < -0.3 is 15.8 Å². The van der Waals surface area contributed by atoms with Crippen molar-refractivity contribution in [1.82, 2.24) is 5.32 Å². The van der Waals surface area contributed by atoms with Gasteiger partial charge in [-0.15, -0.1) is 0 Å². The van der Waals surface area contributed by atoms with E-state index in [1.165, 1.54) is 0 Å². The Morgan fingerprint density at radius 2 is 2.00 bits per heavy atom. The molecule has 1 aliphatic rings. The lowest BCUT2D eigenvalue weighted by molar-refractivity contribution is -0.126. The first-order chi connectivity index (χ1) is 6.61. The molecule has 1 aliphatic heterocycles. The molecular weight excluding hydrogens is 180 g/mol. The highest BCUT2D eigenvalue weighted by molar-refractivity contribution is 5.79. The molecule has 0 spiro atoms. The van der Waals surface area contributed by atoms with Crippen molar-refractivity contribution in [2.24, 2.45) is 11.7 Å². The third-order valence-electron chi connectivity index (χ3n) is 2.77. The third kappa shape index (κ3) is 3.27. The lowest BCUT2D eigenvalue weighted by Crippen LogP contribution is -2.45. The van der Waals surface area contributed by atoms with Gasteiger partial charge in [-0.2, -0.15) is 0 Å². The van der Waals surface area contributed by atoms with Crippen LogP contribution in [0.25, 0.3) is 0 Å². The summed E-state index contributed by atoms with van der Waals surface area (Å²) in [6.45, 7) is 5.21. The molecule has 1 fully saturated rings. The van der Waals surface area contributed by atoms with E-state index in [2.05, 4.69) is 5.32 Å². The Balaban J connectivity index is 2.31. The minimum Gasteiger partial charge on any atom is -0.381 e. The summed E-state index contributed by atoms with van der Waals surface area (Å²) in [7, 11) is 0. The van der Waals surface area contributed by atoms with Crippen LogP contribution in [0.5, 0.6) is 0 Å². The van der Waals surface area contributed by atoms with Crippen molar-refractivity contribution < 1.29 is 9.53 Å². The molecule has 2 unspecified atom stereocenters. The molecule has 3 N–H and O–H groups in total. The molecule has 4 heteroatoms. The Labute approximate surface area is 85.2 Å². The quantitative estimate of drug-likeness (QED) is 0.687. The fourth-order valence-electron chi connectivity index (χ4n) is 1.41. The van der Waals surface area contributed by atoms with Gasteiger partial charge in [-0.3, -0.25) is 4.79 Å². The summed E-state index contributed by atoms with van der Waals surface area (Å²) in [6, 6.07) is 0.187. The van der Waals surface area contributed by atoms with E-state index in [1.54, 1.807) is 0 Å². The molecule has 0 saturated carbocycles. The lowest BCUT2D eigenvalue weighted by Gasteiger charge is -2.25. The molecule has 4 nitrogen and oxygen atoms in total. The zero-order chi connectivity index (χ0) is 10.6. The lowest BCUT2D eigenvalue weighted by atomic mass is 10.0. The van der Waals surface area contributed by atoms with E-state index in [0.717, 1.165) is 26.1 Å². The van der Waals surface area contributed by atoms with E-state index in [4.69, 9.17) is 10.5 Å². The number of hydrogen-bond donors (Lipinski definition) is 2. The molecular formula is C10H20N2O2. The first-order valence-corrected chi connectivity index (χ1v) is 5.25. The Bertz CT molecular complexity index is 189. The highest BCUT2D eigenvalue weighted by Crippen LogP contribution is 2.08. The van der Waals surface area contributed by atoms with Gasteiger partial charge in [0, 0.05) is 31.2 Å². The summed E-state index contributed by atoms with van der Waals surface area (Å²) in [4.78, 5) is 11.6. The molecule has 82 valence electrons. The van der Waals surface area contributed by atoms with E-state index >= 15 is 0 Å². The van der Waals surface area contributed by atoms with Crippen LogP contribution in [0.15, 0.2) is 0 Å². The van der Waals surface area contributed by atoms with Crippen LogP contribution in [0.3, 0.4) is 0 Å².